The van der Waals surface area contributed by atoms with Crippen LogP contribution in [0.4, 0.5) is 0 Å². The smallest absolute Gasteiger partial charge is 0.306 e. The van der Waals surface area contributed by atoms with Gasteiger partial charge in [-0.05, 0) is 31.6 Å². The van der Waals surface area contributed by atoms with Gasteiger partial charge in [0.05, 0.1) is 5.92 Å². The molecular formula is C16H29NO3. The molecule has 0 aromatic rings. The minimum Gasteiger partial charge on any atom is -0.481 e. The van der Waals surface area contributed by atoms with Crippen molar-refractivity contribution in [1.82, 2.24) is 5.32 Å². The summed E-state index contributed by atoms with van der Waals surface area (Å²) in [5, 5.41) is 11.6. The SMILES string of the molecule is CC(CCCNC(=O)CCCC1CCCCC1)C(=O)O. The fourth-order valence-electron chi connectivity index (χ4n) is 2.88. The summed E-state index contributed by atoms with van der Waals surface area (Å²) in [6, 6.07) is 0. The third-order valence-electron chi connectivity index (χ3n) is 4.30. The second kappa shape index (κ2) is 9.78. The number of rotatable bonds is 9. The van der Waals surface area contributed by atoms with Crippen LogP contribution < -0.4 is 5.32 Å². The van der Waals surface area contributed by atoms with Gasteiger partial charge in [-0.2, -0.15) is 0 Å². The van der Waals surface area contributed by atoms with Gasteiger partial charge in [0.2, 0.25) is 5.91 Å². The largest absolute Gasteiger partial charge is 0.481 e. The molecule has 2 N–H and O–H groups in total. The summed E-state index contributed by atoms with van der Waals surface area (Å²) in [5.41, 5.74) is 0. The molecule has 0 bridgehead atoms. The highest BCUT2D eigenvalue weighted by atomic mass is 16.4. The van der Waals surface area contributed by atoms with Crippen LogP contribution >= 0.6 is 0 Å². The Bertz CT molecular complexity index is 298. The van der Waals surface area contributed by atoms with Gasteiger partial charge in [0.25, 0.3) is 0 Å². The van der Waals surface area contributed by atoms with E-state index in [4.69, 9.17) is 5.11 Å². The van der Waals surface area contributed by atoms with Crippen molar-refractivity contribution in [3.05, 3.63) is 0 Å². The summed E-state index contributed by atoms with van der Waals surface area (Å²) in [7, 11) is 0. The number of carboxylic acid groups (broad SMARTS) is 1. The molecule has 0 spiro atoms. The standard InChI is InChI=1S/C16H29NO3/c1-13(16(19)20)7-6-12-17-15(18)11-5-10-14-8-3-2-4-9-14/h13-14H,2-12H2,1H3,(H,17,18)(H,19,20). The predicted octanol–water partition coefficient (Wildman–Crippen LogP) is 3.35. The van der Waals surface area contributed by atoms with Crippen molar-refractivity contribution in [3.8, 4) is 0 Å². The molecule has 0 aliphatic heterocycles. The molecule has 1 atom stereocenters. The molecule has 0 heterocycles. The third kappa shape index (κ3) is 7.51. The Hall–Kier alpha value is -1.06. The molecule has 1 aliphatic carbocycles. The third-order valence-corrected chi connectivity index (χ3v) is 4.30. The Balaban J connectivity index is 1.96. The zero-order chi connectivity index (χ0) is 14.8. The predicted molar refractivity (Wildman–Crippen MR) is 79.5 cm³/mol. The van der Waals surface area contributed by atoms with Gasteiger partial charge in [-0.3, -0.25) is 9.59 Å². The van der Waals surface area contributed by atoms with Crippen LogP contribution in [-0.4, -0.2) is 23.5 Å². The minimum atomic E-state index is -0.760. The van der Waals surface area contributed by atoms with Gasteiger partial charge in [-0.25, -0.2) is 0 Å². The first kappa shape index (κ1) is 17.0. The van der Waals surface area contributed by atoms with Crippen LogP contribution in [0.5, 0.6) is 0 Å². The fraction of sp³-hybridized carbons (Fsp3) is 0.875. The topological polar surface area (TPSA) is 66.4 Å². The lowest BCUT2D eigenvalue weighted by Gasteiger charge is -2.21. The van der Waals surface area contributed by atoms with E-state index in [1.807, 2.05) is 0 Å². The Morgan fingerprint density at radius 2 is 1.90 bits per heavy atom. The summed E-state index contributed by atoms with van der Waals surface area (Å²) >= 11 is 0. The van der Waals surface area contributed by atoms with E-state index in [0.717, 1.165) is 18.8 Å². The average molecular weight is 283 g/mol. The number of hydrogen-bond donors (Lipinski definition) is 2. The first-order chi connectivity index (χ1) is 9.59. The molecule has 1 aliphatic rings. The Morgan fingerprint density at radius 1 is 1.20 bits per heavy atom. The molecule has 1 amide bonds. The molecule has 1 saturated carbocycles. The van der Waals surface area contributed by atoms with Gasteiger partial charge in [0.15, 0.2) is 0 Å². The molecular weight excluding hydrogens is 254 g/mol. The van der Waals surface area contributed by atoms with Crippen LogP contribution in [0.25, 0.3) is 0 Å². The van der Waals surface area contributed by atoms with Crippen molar-refractivity contribution in [2.24, 2.45) is 11.8 Å². The van der Waals surface area contributed by atoms with Gasteiger partial charge in [-0.15, -0.1) is 0 Å². The minimum absolute atomic E-state index is 0.115. The molecule has 4 heteroatoms. The highest BCUT2D eigenvalue weighted by molar-refractivity contribution is 5.75. The molecule has 116 valence electrons. The summed E-state index contributed by atoms with van der Waals surface area (Å²) in [5.74, 6) is -0.126. The van der Waals surface area contributed by atoms with Crippen molar-refractivity contribution < 1.29 is 14.7 Å². The number of carbonyl (C=O) groups is 2. The monoisotopic (exact) mass is 283 g/mol. The fourth-order valence-corrected chi connectivity index (χ4v) is 2.88. The van der Waals surface area contributed by atoms with Gasteiger partial charge in [-0.1, -0.05) is 39.0 Å². The van der Waals surface area contributed by atoms with Crippen LogP contribution in [0.15, 0.2) is 0 Å². The lowest BCUT2D eigenvalue weighted by molar-refractivity contribution is -0.141. The number of amides is 1. The van der Waals surface area contributed by atoms with Gasteiger partial charge in [0.1, 0.15) is 0 Å². The molecule has 4 nitrogen and oxygen atoms in total. The lowest BCUT2D eigenvalue weighted by atomic mass is 9.86. The molecule has 0 saturated heterocycles. The number of carboxylic acids is 1. The molecule has 20 heavy (non-hydrogen) atoms. The van der Waals surface area contributed by atoms with Gasteiger partial charge < -0.3 is 10.4 Å². The van der Waals surface area contributed by atoms with Crippen molar-refractivity contribution in [2.75, 3.05) is 6.54 Å². The molecule has 1 unspecified atom stereocenters. The summed E-state index contributed by atoms with van der Waals surface area (Å²) in [6.07, 6.45) is 10.9. The van der Waals surface area contributed by atoms with E-state index in [2.05, 4.69) is 5.32 Å². The van der Waals surface area contributed by atoms with E-state index in [0.29, 0.717) is 19.4 Å². The number of carbonyl (C=O) groups excluding carboxylic acids is 1. The number of hydrogen-bond acceptors (Lipinski definition) is 2. The molecule has 0 aromatic heterocycles. The molecule has 1 fully saturated rings. The maximum atomic E-state index is 11.6. The highest BCUT2D eigenvalue weighted by Gasteiger charge is 2.13. The van der Waals surface area contributed by atoms with Crippen LogP contribution in [0.1, 0.15) is 71.1 Å². The second-order valence-corrected chi connectivity index (χ2v) is 6.13. The average Bonchev–Trinajstić information content (AvgIpc) is 2.44. The number of aliphatic carboxylic acids is 1. The van der Waals surface area contributed by atoms with E-state index in [1.54, 1.807) is 6.92 Å². The van der Waals surface area contributed by atoms with Crippen LogP contribution in [-0.2, 0) is 9.59 Å². The maximum Gasteiger partial charge on any atom is 0.306 e. The quantitative estimate of drug-likeness (QED) is 0.638. The van der Waals surface area contributed by atoms with Crippen LogP contribution in [0.3, 0.4) is 0 Å². The van der Waals surface area contributed by atoms with Crippen LogP contribution in [0, 0.1) is 11.8 Å². The Labute approximate surface area is 122 Å². The molecule has 0 radical (unpaired) electrons. The normalized spacial score (nSPS) is 17.6. The Morgan fingerprint density at radius 3 is 2.55 bits per heavy atom. The zero-order valence-electron chi connectivity index (χ0n) is 12.7. The highest BCUT2D eigenvalue weighted by Crippen LogP contribution is 2.27. The van der Waals surface area contributed by atoms with E-state index in [-0.39, 0.29) is 11.8 Å². The summed E-state index contributed by atoms with van der Waals surface area (Å²) < 4.78 is 0. The van der Waals surface area contributed by atoms with Gasteiger partial charge >= 0.3 is 5.97 Å². The van der Waals surface area contributed by atoms with Gasteiger partial charge in [0, 0.05) is 13.0 Å². The summed E-state index contributed by atoms with van der Waals surface area (Å²) in [6.45, 7) is 2.30. The molecule has 0 aromatic carbocycles. The first-order valence-corrected chi connectivity index (χ1v) is 8.09. The first-order valence-electron chi connectivity index (χ1n) is 8.09. The number of nitrogens with one attached hydrogen (secondary N) is 1. The van der Waals surface area contributed by atoms with Crippen LogP contribution in [0.2, 0.25) is 0 Å². The maximum absolute atomic E-state index is 11.6. The lowest BCUT2D eigenvalue weighted by Crippen LogP contribution is -2.25. The Kier molecular flexibility index (Phi) is 8.31. The van der Waals surface area contributed by atoms with Crippen molar-refractivity contribution in [3.63, 3.8) is 0 Å². The van der Waals surface area contributed by atoms with E-state index >= 15 is 0 Å². The van der Waals surface area contributed by atoms with E-state index < -0.39 is 5.97 Å². The van der Waals surface area contributed by atoms with Crippen molar-refractivity contribution in [1.29, 1.82) is 0 Å². The van der Waals surface area contributed by atoms with Crippen molar-refractivity contribution >= 4 is 11.9 Å². The van der Waals surface area contributed by atoms with Crippen molar-refractivity contribution in [2.45, 2.75) is 71.1 Å². The second-order valence-electron chi connectivity index (χ2n) is 6.13. The van der Waals surface area contributed by atoms with E-state index in [9.17, 15) is 9.59 Å². The van der Waals surface area contributed by atoms with E-state index in [1.165, 1.54) is 38.5 Å². The summed E-state index contributed by atoms with van der Waals surface area (Å²) in [4.78, 5) is 22.3. The molecule has 1 rings (SSSR count). The zero-order valence-corrected chi connectivity index (χ0v) is 12.7.